The van der Waals surface area contributed by atoms with Gasteiger partial charge in [0, 0.05) is 38.9 Å². The zero-order valence-corrected chi connectivity index (χ0v) is 34.0. The molecule has 4 heterocycles. The van der Waals surface area contributed by atoms with Crippen molar-refractivity contribution in [2.24, 2.45) is 0 Å². The van der Waals surface area contributed by atoms with E-state index in [9.17, 15) is 0 Å². The fourth-order valence-electron chi connectivity index (χ4n) is 10.3. The third-order valence-corrected chi connectivity index (χ3v) is 13.1. The molecule has 61 heavy (non-hydrogen) atoms. The largest absolute Gasteiger partial charge is 0.471 e. The molecule has 10 aromatic rings. The SMILES string of the molecule is CC1(C)c2ccccc2N(c2ccc(B3c4oc5ccccc5c4B(c4ccc(N(c5ccccc5)c5ccccc5)cc4)c4oc5ccccc5c43)cc2)c2ccccc21. The summed E-state index contributed by atoms with van der Waals surface area (Å²) in [7, 11) is 0. The fraction of sp³-hybridized carbons (Fsp3) is 0.0545. The van der Waals surface area contributed by atoms with Gasteiger partial charge in [0.1, 0.15) is 11.2 Å². The van der Waals surface area contributed by atoms with Crippen LogP contribution in [0.25, 0.3) is 21.9 Å². The first-order valence-electron chi connectivity index (χ1n) is 21.2. The number of hydrogen-bond donors (Lipinski definition) is 0. The minimum atomic E-state index is -0.183. The van der Waals surface area contributed by atoms with Gasteiger partial charge < -0.3 is 18.6 Å². The number of anilines is 6. The van der Waals surface area contributed by atoms with Crippen LogP contribution in [0.5, 0.6) is 0 Å². The Morgan fingerprint density at radius 3 is 1.30 bits per heavy atom. The highest BCUT2D eigenvalue weighted by atomic mass is 16.3. The molecule has 6 heteroatoms. The first kappa shape index (κ1) is 35.5. The van der Waals surface area contributed by atoms with E-state index in [0.717, 1.165) is 77.9 Å². The highest BCUT2D eigenvalue weighted by Gasteiger charge is 2.47. The van der Waals surface area contributed by atoms with Crippen LogP contribution in [0, 0.1) is 0 Å². The van der Waals surface area contributed by atoms with Crippen molar-refractivity contribution in [1.29, 1.82) is 0 Å². The predicted molar refractivity (Wildman–Crippen MR) is 256 cm³/mol. The van der Waals surface area contributed by atoms with Crippen molar-refractivity contribution in [1.82, 2.24) is 0 Å². The van der Waals surface area contributed by atoms with Crippen LogP contribution in [-0.4, -0.2) is 13.4 Å². The molecule has 2 aliphatic rings. The quantitative estimate of drug-likeness (QED) is 0.157. The van der Waals surface area contributed by atoms with Crippen LogP contribution in [-0.2, 0) is 5.41 Å². The summed E-state index contributed by atoms with van der Waals surface area (Å²) >= 11 is 0. The monoisotopic (exact) mass is 782 g/mol. The molecule has 2 aromatic heterocycles. The average molecular weight is 783 g/mol. The van der Waals surface area contributed by atoms with Crippen molar-refractivity contribution in [3.05, 3.63) is 217 Å². The molecule has 0 saturated carbocycles. The molecule has 4 nitrogen and oxygen atoms in total. The molecule has 0 radical (unpaired) electrons. The Morgan fingerprint density at radius 2 is 0.803 bits per heavy atom. The summed E-state index contributed by atoms with van der Waals surface area (Å²) in [6.07, 6.45) is 0. The van der Waals surface area contributed by atoms with Gasteiger partial charge in [0.15, 0.2) is 0 Å². The molecule has 0 bridgehead atoms. The lowest BCUT2D eigenvalue weighted by molar-refractivity contribution is 0.632. The standard InChI is InChI=1S/C55H40B2N2O2/c1-55(2)45-23-11-13-25-47(45)59(48-26-14-12-24-46(48)55)42-35-31-38(32-36-42)57-52-44-22-10-16-28-50(44)60-53(52)56(51-43-21-9-15-27-49(43)61-54(51)57)37-29-33-41(34-30-37)58(39-17-5-3-6-18-39)40-19-7-4-8-20-40/h3-36H,1-2H3. The van der Waals surface area contributed by atoms with Crippen molar-refractivity contribution < 1.29 is 8.83 Å². The summed E-state index contributed by atoms with van der Waals surface area (Å²) in [5, 5.41) is 2.22. The highest BCUT2D eigenvalue weighted by Crippen LogP contribution is 2.51. The van der Waals surface area contributed by atoms with Crippen molar-refractivity contribution >= 4 is 103 Å². The molecule has 0 spiro atoms. The molecule has 0 atom stereocenters. The predicted octanol–water partition coefficient (Wildman–Crippen LogP) is 10.1. The van der Waals surface area contributed by atoms with E-state index in [-0.39, 0.29) is 18.8 Å². The van der Waals surface area contributed by atoms with Crippen molar-refractivity contribution in [3.8, 4) is 0 Å². The maximum Gasteiger partial charge on any atom is 0.290 e. The molecule has 0 saturated heterocycles. The zero-order valence-electron chi connectivity index (χ0n) is 34.0. The van der Waals surface area contributed by atoms with Crippen molar-refractivity contribution in [2.75, 3.05) is 9.80 Å². The summed E-state index contributed by atoms with van der Waals surface area (Å²) in [6, 6.07) is 73.9. The summed E-state index contributed by atoms with van der Waals surface area (Å²) in [4.78, 5) is 4.72. The van der Waals surface area contributed by atoms with Crippen LogP contribution >= 0.6 is 0 Å². The average Bonchev–Trinajstić information content (AvgIpc) is 3.89. The lowest BCUT2D eigenvalue weighted by Gasteiger charge is -2.42. The van der Waals surface area contributed by atoms with Crippen molar-refractivity contribution in [3.63, 3.8) is 0 Å². The smallest absolute Gasteiger partial charge is 0.290 e. The molecule has 0 N–H and O–H groups in total. The van der Waals surface area contributed by atoms with Gasteiger partial charge >= 0.3 is 0 Å². The number of furan rings is 2. The second-order valence-electron chi connectivity index (χ2n) is 16.8. The molecule has 0 fully saturated rings. The van der Waals surface area contributed by atoms with Crippen LogP contribution in [0.3, 0.4) is 0 Å². The third kappa shape index (κ3) is 5.48. The van der Waals surface area contributed by atoms with E-state index in [1.165, 1.54) is 22.5 Å². The van der Waals surface area contributed by atoms with E-state index in [2.05, 4.69) is 230 Å². The summed E-state index contributed by atoms with van der Waals surface area (Å²) < 4.78 is 14.1. The van der Waals surface area contributed by atoms with Gasteiger partial charge in [-0.15, -0.1) is 0 Å². The first-order valence-corrected chi connectivity index (χ1v) is 21.2. The topological polar surface area (TPSA) is 32.8 Å². The summed E-state index contributed by atoms with van der Waals surface area (Å²) in [5.74, 6) is 0. The normalized spacial score (nSPS) is 13.8. The highest BCUT2D eigenvalue weighted by molar-refractivity contribution is 7.12. The van der Waals surface area contributed by atoms with Gasteiger partial charge in [-0.05, 0) is 94.8 Å². The lowest BCUT2D eigenvalue weighted by Crippen LogP contribution is -2.73. The number of nitrogens with zero attached hydrogens (tertiary/aromatic N) is 2. The summed E-state index contributed by atoms with van der Waals surface area (Å²) in [6.45, 7) is 4.30. The van der Waals surface area contributed by atoms with E-state index >= 15 is 0 Å². The second-order valence-corrected chi connectivity index (χ2v) is 16.8. The van der Waals surface area contributed by atoms with Crippen LogP contribution in [0.2, 0.25) is 0 Å². The molecular formula is C55H40B2N2O2. The van der Waals surface area contributed by atoms with Crippen LogP contribution in [0.15, 0.2) is 215 Å². The maximum atomic E-state index is 7.06. The molecule has 0 amide bonds. The number of rotatable bonds is 6. The molecular weight excluding hydrogens is 742 g/mol. The van der Waals surface area contributed by atoms with Crippen LogP contribution in [0.4, 0.5) is 34.1 Å². The van der Waals surface area contributed by atoms with E-state index in [0.29, 0.717) is 0 Å². The van der Waals surface area contributed by atoms with Gasteiger partial charge in [0.05, 0.1) is 22.7 Å². The van der Waals surface area contributed by atoms with E-state index < -0.39 is 0 Å². The molecule has 2 aliphatic heterocycles. The molecule has 0 aliphatic carbocycles. The zero-order chi connectivity index (χ0) is 40.7. The fourth-order valence-corrected chi connectivity index (χ4v) is 10.3. The Labute approximate surface area is 356 Å². The lowest BCUT2D eigenvalue weighted by atomic mass is 9.24. The third-order valence-electron chi connectivity index (χ3n) is 13.1. The maximum absolute atomic E-state index is 7.06. The number of hydrogen-bond acceptors (Lipinski definition) is 4. The number of para-hydroxylation sites is 6. The Morgan fingerprint density at radius 1 is 0.410 bits per heavy atom. The molecule has 12 rings (SSSR count). The minimum absolute atomic E-state index is 0.123. The minimum Gasteiger partial charge on any atom is -0.471 e. The molecule has 0 unspecified atom stereocenters. The van der Waals surface area contributed by atoms with Crippen LogP contribution in [0.1, 0.15) is 25.0 Å². The van der Waals surface area contributed by atoms with E-state index in [1.54, 1.807) is 0 Å². The van der Waals surface area contributed by atoms with E-state index in [4.69, 9.17) is 8.83 Å². The van der Waals surface area contributed by atoms with Crippen molar-refractivity contribution in [2.45, 2.75) is 19.3 Å². The van der Waals surface area contributed by atoms with Gasteiger partial charge in [-0.3, -0.25) is 0 Å². The first-order chi connectivity index (χ1) is 30.0. The second kappa shape index (κ2) is 13.8. The Hall–Kier alpha value is -7.43. The molecule has 288 valence electrons. The Bertz CT molecular complexity index is 3150. The number of fused-ring (bicyclic) bond motifs is 8. The van der Waals surface area contributed by atoms with E-state index in [1.807, 2.05) is 0 Å². The Kier molecular flexibility index (Phi) is 8.05. The molecule has 8 aromatic carbocycles. The van der Waals surface area contributed by atoms with Gasteiger partial charge in [-0.25, -0.2) is 0 Å². The Balaban J connectivity index is 1.01. The van der Waals surface area contributed by atoms with Gasteiger partial charge in [-0.2, -0.15) is 0 Å². The van der Waals surface area contributed by atoms with Gasteiger partial charge in [0.2, 0.25) is 0 Å². The van der Waals surface area contributed by atoms with Crippen LogP contribution < -0.4 is 43.0 Å². The number of benzene rings is 8. The van der Waals surface area contributed by atoms with Gasteiger partial charge in [-0.1, -0.05) is 158 Å². The summed E-state index contributed by atoms with van der Waals surface area (Å²) in [5.41, 5.74) is 17.7. The van der Waals surface area contributed by atoms with Gasteiger partial charge in [0.25, 0.3) is 13.4 Å².